The van der Waals surface area contributed by atoms with Crippen molar-refractivity contribution in [3.8, 4) is 5.75 Å². The zero-order valence-corrected chi connectivity index (χ0v) is 7.55. The smallest absolute Gasteiger partial charge is 0.129 e. The third-order valence-electron chi connectivity index (χ3n) is 2.40. The molecule has 2 nitrogen and oxygen atoms in total. The Labute approximate surface area is 72.6 Å². The molecule has 1 aliphatic heterocycles. The maximum atomic E-state index is 5.56. The maximum absolute atomic E-state index is 5.56. The lowest BCUT2D eigenvalue weighted by Gasteiger charge is -2.06. The summed E-state index contributed by atoms with van der Waals surface area (Å²) in [4.78, 5) is 4.34. The van der Waals surface area contributed by atoms with Gasteiger partial charge in [0.05, 0.1) is 6.61 Å². The van der Waals surface area contributed by atoms with E-state index in [2.05, 4.69) is 11.9 Å². The zero-order valence-electron chi connectivity index (χ0n) is 7.55. The topological polar surface area (TPSA) is 22.1 Å². The highest BCUT2D eigenvalue weighted by atomic mass is 16.5. The fourth-order valence-electron chi connectivity index (χ4n) is 1.65. The lowest BCUT2D eigenvalue weighted by atomic mass is 10.1. The van der Waals surface area contributed by atoms with Gasteiger partial charge in [-0.15, -0.1) is 0 Å². The van der Waals surface area contributed by atoms with Gasteiger partial charge in [-0.1, -0.05) is 6.92 Å². The highest BCUT2D eigenvalue weighted by Crippen LogP contribution is 2.30. The molecular weight excluding hydrogens is 150 g/mol. The van der Waals surface area contributed by atoms with E-state index in [4.69, 9.17) is 4.74 Å². The van der Waals surface area contributed by atoms with Crippen LogP contribution < -0.4 is 4.74 Å². The molecule has 0 saturated heterocycles. The van der Waals surface area contributed by atoms with Crippen LogP contribution in [-0.2, 0) is 12.8 Å². The van der Waals surface area contributed by atoms with Gasteiger partial charge in [0, 0.05) is 29.4 Å². The first kappa shape index (κ1) is 7.59. The quantitative estimate of drug-likeness (QED) is 0.630. The molecule has 12 heavy (non-hydrogen) atoms. The van der Waals surface area contributed by atoms with Gasteiger partial charge in [-0.25, -0.2) is 0 Å². The Morgan fingerprint density at radius 3 is 3.17 bits per heavy atom. The van der Waals surface area contributed by atoms with Gasteiger partial charge in [-0.2, -0.15) is 0 Å². The molecule has 0 spiro atoms. The second-order valence-corrected chi connectivity index (χ2v) is 3.13. The van der Waals surface area contributed by atoms with E-state index in [0.717, 1.165) is 30.9 Å². The lowest BCUT2D eigenvalue weighted by molar-refractivity contribution is 0.353. The van der Waals surface area contributed by atoms with Crippen LogP contribution in [0.5, 0.6) is 5.75 Å². The van der Waals surface area contributed by atoms with Gasteiger partial charge in [0.15, 0.2) is 0 Å². The predicted molar refractivity (Wildman–Crippen MR) is 47.6 cm³/mol. The number of ether oxygens (including phenoxy) is 1. The van der Waals surface area contributed by atoms with Crippen molar-refractivity contribution < 1.29 is 4.74 Å². The van der Waals surface area contributed by atoms with E-state index in [1.807, 2.05) is 13.1 Å². The first-order chi connectivity index (χ1) is 5.83. The van der Waals surface area contributed by atoms with Crippen LogP contribution in [0.3, 0.4) is 0 Å². The summed E-state index contributed by atoms with van der Waals surface area (Å²) in [6.07, 6.45) is 3.97. The number of nitrogens with zero attached hydrogens (tertiary/aromatic N) is 1. The van der Waals surface area contributed by atoms with Crippen LogP contribution in [0, 0.1) is 6.92 Å². The Kier molecular flexibility index (Phi) is 1.75. The standard InChI is InChI=1S/C10H13NO/c1-3-8-6-11-7(2)9-4-5-12-10(8)9/h6H,3-5H2,1-2H3. The van der Waals surface area contributed by atoms with E-state index in [1.54, 1.807) is 0 Å². The van der Waals surface area contributed by atoms with Crippen molar-refractivity contribution >= 4 is 0 Å². The summed E-state index contributed by atoms with van der Waals surface area (Å²) in [6.45, 7) is 5.01. The molecule has 1 aliphatic rings. The normalized spacial score (nSPS) is 14.2. The molecule has 0 amide bonds. The molecule has 1 aromatic rings. The van der Waals surface area contributed by atoms with Crippen LogP contribution in [0.4, 0.5) is 0 Å². The highest BCUT2D eigenvalue weighted by Gasteiger charge is 2.17. The molecule has 2 heterocycles. The minimum absolute atomic E-state index is 0.828. The van der Waals surface area contributed by atoms with Crippen LogP contribution >= 0.6 is 0 Å². The number of pyridine rings is 1. The molecule has 1 aromatic heterocycles. The molecule has 0 fully saturated rings. The van der Waals surface area contributed by atoms with Gasteiger partial charge >= 0.3 is 0 Å². The largest absolute Gasteiger partial charge is 0.493 e. The molecule has 0 bridgehead atoms. The van der Waals surface area contributed by atoms with Crippen LogP contribution in [0.1, 0.15) is 23.7 Å². The number of aromatic nitrogens is 1. The van der Waals surface area contributed by atoms with Gasteiger partial charge in [-0.05, 0) is 13.3 Å². The molecule has 0 unspecified atom stereocenters. The van der Waals surface area contributed by atoms with Gasteiger partial charge in [0.25, 0.3) is 0 Å². The number of fused-ring (bicyclic) bond motifs is 1. The third kappa shape index (κ3) is 0.986. The highest BCUT2D eigenvalue weighted by molar-refractivity contribution is 5.44. The molecule has 2 rings (SSSR count). The summed E-state index contributed by atoms with van der Waals surface area (Å²) in [7, 11) is 0. The van der Waals surface area contributed by atoms with Crippen molar-refractivity contribution in [3.05, 3.63) is 23.0 Å². The summed E-state index contributed by atoms with van der Waals surface area (Å²) < 4.78 is 5.56. The number of rotatable bonds is 1. The van der Waals surface area contributed by atoms with E-state index in [0.29, 0.717) is 0 Å². The minimum atomic E-state index is 0.828. The summed E-state index contributed by atoms with van der Waals surface area (Å²) >= 11 is 0. The van der Waals surface area contributed by atoms with Crippen molar-refractivity contribution in [2.24, 2.45) is 0 Å². The maximum Gasteiger partial charge on any atom is 0.129 e. The molecule has 0 atom stereocenters. The van der Waals surface area contributed by atoms with Crippen molar-refractivity contribution in [2.75, 3.05) is 6.61 Å². The second-order valence-electron chi connectivity index (χ2n) is 3.13. The molecule has 0 aliphatic carbocycles. The SMILES string of the molecule is CCc1cnc(C)c2c1OCC2. The predicted octanol–water partition coefficient (Wildman–Crippen LogP) is 1.89. The summed E-state index contributed by atoms with van der Waals surface area (Å²) in [5, 5.41) is 0. The first-order valence-corrected chi connectivity index (χ1v) is 4.43. The van der Waals surface area contributed by atoms with E-state index < -0.39 is 0 Å². The number of hydrogen-bond donors (Lipinski definition) is 0. The summed E-state index contributed by atoms with van der Waals surface area (Å²) in [5.41, 5.74) is 3.68. The molecule has 2 heteroatoms. The van der Waals surface area contributed by atoms with Crippen LogP contribution in [0.15, 0.2) is 6.20 Å². The van der Waals surface area contributed by atoms with Gasteiger partial charge in [-0.3, -0.25) is 4.98 Å². The Balaban J connectivity index is 2.57. The second kappa shape index (κ2) is 2.77. The van der Waals surface area contributed by atoms with Crippen LogP contribution in [0.2, 0.25) is 0 Å². The van der Waals surface area contributed by atoms with Crippen molar-refractivity contribution in [2.45, 2.75) is 26.7 Å². The molecule has 0 aromatic carbocycles. The third-order valence-corrected chi connectivity index (χ3v) is 2.40. The molecular formula is C10H13NO. The minimum Gasteiger partial charge on any atom is -0.493 e. The summed E-state index contributed by atoms with van der Waals surface area (Å²) in [5.74, 6) is 1.10. The Bertz CT molecular complexity index is 307. The summed E-state index contributed by atoms with van der Waals surface area (Å²) in [6, 6.07) is 0. The zero-order chi connectivity index (χ0) is 8.55. The van der Waals surface area contributed by atoms with Crippen LogP contribution in [0.25, 0.3) is 0 Å². The molecule has 0 radical (unpaired) electrons. The van der Waals surface area contributed by atoms with E-state index >= 15 is 0 Å². The average molecular weight is 163 g/mol. The van der Waals surface area contributed by atoms with Gasteiger partial charge < -0.3 is 4.74 Å². The van der Waals surface area contributed by atoms with Crippen molar-refractivity contribution in [1.82, 2.24) is 4.98 Å². The average Bonchev–Trinajstić information content (AvgIpc) is 2.54. The number of hydrogen-bond acceptors (Lipinski definition) is 2. The van der Waals surface area contributed by atoms with Crippen molar-refractivity contribution in [1.29, 1.82) is 0 Å². The monoisotopic (exact) mass is 163 g/mol. The lowest BCUT2D eigenvalue weighted by Crippen LogP contribution is -1.93. The number of aryl methyl sites for hydroxylation is 2. The van der Waals surface area contributed by atoms with Gasteiger partial charge in [0.1, 0.15) is 5.75 Å². The fraction of sp³-hybridized carbons (Fsp3) is 0.500. The molecule has 0 saturated carbocycles. The van der Waals surface area contributed by atoms with E-state index in [-0.39, 0.29) is 0 Å². The Hall–Kier alpha value is -1.05. The Morgan fingerprint density at radius 1 is 1.58 bits per heavy atom. The first-order valence-electron chi connectivity index (χ1n) is 4.43. The van der Waals surface area contributed by atoms with Crippen molar-refractivity contribution in [3.63, 3.8) is 0 Å². The Morgan fingerprint density at radius 2 is 2.42 bits per heavy atom. The molecule has 0 N–H and O–H groups in total. The molecule has 64 valence electrons. The fourth-order valence-corrected chi connectivity index (χ4v) is 1.65. The van der Waals surface area contributed by atoms with Gasteiger partial charge in [0.2, 0.25) is 0 Å². The van der Waals surface area contributed by atoms with Crippen LogP contribution in [-0.4, -0.2) is 11.6 Å². The van der Waals surface area contributed by atoms with E-state index in [1.165, 1.54) is 11.1 Å². The van der Waals surface area contributed by atoms with E-state index in [9.17, 15) is 0 Å².